The fourth-order valence-electron chi connectivity index (χ4n) is 9.79. The van der Waals surface area contributed by atoms with E-state index >= 15 is 4.39 Å². The second-order valence-corrected chi connectivity index (χ2v) is 17.0. The maximum atomic E-state index is 16.1. The summed E-state index contributed by atoms with van der Waals surface area (Å²) in [6, 6.07) is 21.5. The van der Waals surface area contributed by atoms with Crippen LogP contribution in [0.1, 0.15) is 74.9 Å². The number of fused-ring (bicyclic) bond motifs is 5. The van der Waals surface area contributed by atoms with Crippen LogP contribution in [0.2, 0.25) is 0 Å². The molecule has 6 atom stereocenters. The van der Waals surface area contributed by atoms with Crippen molar-refractivity contribution in [3.8, 4) is 22.4 Å². The van der Waals surface area contributed by atoms with Gasteiger partial charge in [0.1, 0.15) is 35.6 Å². The number of aromatic amines is 2. The minimum Gasteiger partial charge on any atom is -0.453 e. The molecule has 15 heteroatoms. The normalized spacial score (nSPS) is 20.4. The van der Waals surface area contributed by atoms with Gasteiger partial charge in [0.15, 0.2) is 0 Å². The van der Waals surface area contributed by atoms with Gasteiger partial charge in [-0.3, -0.25) is 9.59 Å². The average molecular weight is 853 g/mol. The lowest BCUT2D eigenvalue weighted by Crippen LogP contribution is -2.51. The number of halogens is 1. The number of likely N-dealkylation sites (tertiary alicyclic amines) is 2. The minimum atomic E-state index is -0.944. The third-order valence-corrected chi connectivity index (χ3v) is 12.9. The number of piperidine rings is 1. The van der Waals surface area contributed by atoms with Crippen molar-refractivity contribution in [2.75, 3.05) is 20.8 Å². The number of rotatable bonds is 10. The number of nitrogens with zero attached hydrogens (tertiary/aromatic N) is 4. The second kappa shape index (κ2) is 16.7. The highest BCUT2D eigenvalue weighted by atomic mass is 19.1. The summed E-state index contributed by atoms with van der Waals surface area (Å²) in [5.74, 6) is 0.247. The molecule has 0 spiro atoms. The molecule has 4 heterocycles. The van der Waals surface area contributed by atoms with Crippen molar-refractivity contribution in [3.05, 3.63) is 120 Å². The van der Waals surface area contributed by atoms with Crippen LogP contribution in [0.15, 0.2) is 97.2 Å². The zero-order chi connectivity index (χ0) is 44.1. The molecule has 4 amide bonds. The van der Waals surface area contributed by atoms with Crippen molar-refractivity contribution in [2.24, 2.45) is 11.8 Å². The number of aromatic nitrogens is 4. The number of H-pyrrole nitrogens is 2. The molecule has 324 valence electrons. The fourth-order valence-corrected chi connectivity index (χ4v) is 9.79. The van der Waals surface area contributed by atoms with Crippen molar-refractivity contribution < 1.29 is 33.0 Å². The molecule has 9 rings (SSSR count). The Morgan fingerprint density at radius 3 is 2.37 bits per heavy atom. The lowest BCUT2D eigenvalue weighted by Gasteiger charge is -2.36. The van der Waals surface area contributed by atoms with Crippen LogP contribution >= 0.6 is 0 Å². The molecule has 3 aliphatic rings. The van der Waals surface area contributed by atoms with Crippen molar-refractivity contribution in [1.29, 1.82) is 0 Å². The summed E-state index contributed by atoms with van der Waals surface area (Å²) in [5, 5.41) is 7.21. The van der Waals surface area contributed by atoms with Gasteiger partial charge < -0.3 is 39.9 Å². The van der Waals surface area contributed by atoms with Crippen molar-refractivity contribution >= 4 is 45.8 Å². The first-order chi connectivity index (χ1) is 30.4. The van der Waals surface area contributed by atoms with E-state index in [0.29, 0.717) is 47.0 Å². The molecule has 1 saturated carbocycles. The Morgan fingerprint density at radius 1 is 0.873 bits per heavy atom. The fraction of sp³-hybridized carbons (Fsp3) is 0.333. The lowest BCUT2D eigenvalue weighted by molar-refractivity contribution is -0.138. The van der Waals surface area contributed by atoms with Crippen LogP contribution in [0.3, 0.4) is 0 Å². The first-order valence-corrected chi connectivity index (χ1v) is 21.3. The van der Waals surface area contributed by atoms with Crippen LogP contribution in [0.5, 0.6) is 0 Å². The van der Waals surface area contributed by atoms with Gasteiger partial charge in [0.25, 0.3) is 5.91 Å². The number of alkyl carbamates (subject to hydrolysis) is 2. The van der Waals surface area contributed by atoms with Gasteiger partial charge in [0, 0.05) is 23.5 Å². The van der Waals surface area contributed by atoms with Crippen LogP contribution in [-0.2, 0) is 19.1 Å². The monoisotopic (exact) mass is 852 g/mol. The Labute approximate surface area is 363 Å². The van der Waals surface area contributed by atoms with E-state index < -0.39 is 36.1 Å². The van der Waals surface area contributed by atoms with Gasteiger partial charge in [0.05, 0.1) is 43.2 Å². The molecule has 14 nitrogen and oxygen atoms in total. The second-order valence-electron chi connectivity index (χ2n) is 17.0. The van der Waals surface area contributed by atoms with Crippen LogP contribution in [0.4, 0.5) is 14.0 Å². The summed E-state index contributed by atoms with van der Waals surface area (Å²) in [7, 11) is 2.53. The molecule has 6 aromatic rings. The Bertz CT molecular complexity index is 2770. The number of ether oxygens (including phenoxy) is 2. The number of imidazole rings is 2. The van der Waals surface area contributed by atoms with E-state index in [-0.39, 0.29) is 35.7 Å². The molecule has 63 heavy (non-hydrogen) atoms. The van der Waals surface area contributed by atoms with E-state index in [2.05, 4.69) is 27.2 Å². The summed E-state index contributed by atoms with van der Waals surface area (Å²) in [6.07, 6.45) is 3.45. The third-order valence-electron chi connectivity index (χ3n) is 12.9. The minimum absolute atomic E-state index is 0.00923. The molecule has 2 aliphatic heterocycles. The summed E-state index contributed by atoms with van der Waals surface area (Å²) < 4.78 is 25.8. The smallest absolute Gasteiger partial charge is 0.407 e. The number of nitrogens with one attached hydrogen (secondary N) is 4. The Morgan fingerprint density at radius 2 is 1.62 bits per heavy atom. The Balaban J connectivity index is 0.956. The van der Waals surface area contributed by atoms with Crippen molar-refractivity contribution in [1.82, 2.24) is 40.4 Å². The third kappa shape index (κ3) is 7.55. The number of carbonyl (C=O) groups is 4. The van der Waals surface area contributed by atoms with Gasteiger partial charge in [-0.25, -0.2) is 23.9 Å². The number of amides is 4. The van der Waals surface area contributed by atoms with E-state index in [0.717, 1.165) is 52.2 Å². The summed E-state index contributed by atoms with van der Waals surface area (Å²) in [6.45, 7) is 8.45. The van der Waals surface area contributed by atoms with Crippen LogP contribution < -0.4 is 10.6 Å². The SMILES string of the molecule is C=C1CCN(C(=O)[C@@H](NC(=O)OC)C(C)C)[C@@H]1c1nc2c(ccc3cc(-c4ccc(-c5cnc(C6[C@H]7CCC(C7)N6C(=O)[C@H](NC(=O)OC)c6ccccc6)[nH]5)c(F)c4)ccc32)[nH]1. The van der Waals surface area contributed by atoms with Gasteiger partial charge >= 0.3 is 12.2 Å². The van der Waals surface area contributed by atoms with E-state index in [1.807, 2.05) is 73.3 Å². The molecule has 2 bridgehead atoms. The largest absolute Gasteiger partial charge is 0.453 e. The maximum absolute atomic E-state index is 16.1. The van der Waals surface area contributed by atoms with Crippen LogP contribution in [0.25, 0.3) is 44.2 Å². The highest BCUT2D eigenvalue weighted by Crippen LogP contribution is 2.51. The summed E-state index contributed by atoms with van der Waals surface area (Å²) in [5.41, 5.74) is 5.37. The number of hydrogen-bond donors (Lipinski definition) is 4. The number of hydrogen-bond acceptors (Lipinski definition) is 8. The molecule has 2 unspecified atom stereocenters. The van der Waals surface area contributed by atoms with Crippen molar-refractivity contribution in [3.63, 3.8) is 0 Å². The van der Waals surface area contributed by atoms with Gasteiger partial charge in [0.2, 0.25) is 5.91 Å². The Hall–Kier alpha value is -7.03. The summed E-state index contributed by atoms with van der Waals surface area (Å²) in [4.78, 5) is 72.7. The predicted octanol–water partition coefficient (Wildman–Crippen LogP) is 8.27. The van der Waals surface area contributed by atoms with Gasteiger partial charge in [-0.05, 0) is 89.4 Å². The number of benzene rings is 4. The molecule has 4 N–H and O–H groups in total. The van der Waals surface area contributed by atoms with Gasteiger partial charge in [-0.15, -0.1) is 0 Å². The molecular weight excluding hydrogens is 804 g/mol. The van der Waals surface area contributed by atoms with Crippen molar-refractivity contribution in [2.45, 2.75) is 69.7 Å². The molecule has 0 radical (unpaired) electrons. The first-order valence-electron chi connectivity index (χ1n) is 21.3. The summed E-state index contributed by atoms with van der Waals surface area (Å²) >= 11 is 0. The molecule has 2 aromatic heterocycles. The average Bonchev–Trinajstić information content (AvgIpc) is 4.16. The number of methoxy groups -OCH3 is 2. The van der Waals surface area contributed by atoms with E-state index in [1.54, 1.807) is 29.3 Å². The van der Waals surface area contributed by atoms with Crippen LogP contribution in [-0.4, -0.2) is 86.6 Å². The first kappa shape index (κ1) is 41.3. The van der Waals surface area contributed by atoms with E-state index in [4.69, 9.17) is 19.4 Å². The molecule has 2 saturated heterocycles. The highest BCUT2D eigenvalue weighted by molar-refractivity contribution is 6.05. The molecule has 3 fully saturated rings. The molecular formula is C48H49FN8O6. The van der Waals surface area contributed by atoms with Gasteiger partial charge in [-0.2, -0.15) is 0 Å². The molecule has 4 aromatic carbocycles. The Kier molecular flexibility index (Phi) is 10.9. The van der Waals surface area contributed by atoms with E-state index in [1.165, 1.54) is 20.3 Å². The van der Waals surface area contributed by atoms with Crippen LogP contribution in [0, 0.1) is 17.7 Å². The topological polar surface area (TPSA) is 175 Å². The highest BCUT2D eigenvalue weighted by Gasteiger charge is 2.51. The van der Waals surface area contributed by atoms with E-state index in [9.17, 15) is 19.2 Å². The quantitative estimate of drug-likeness (QED) is 0.0997. The maximum Gasteiger partial charge on any atom is 0.407 e. The predicted molar refractivity (Wildman–Crippen MR) is 234 cm³/mol. The number of carbonyl (C=O) groups excluding carboxylic acids is 4. The standard InChI is InChI=1S/C48H49FN8O6/c1-25(2)38(54-47(60)62-4)45(58)56-20-19-26(3)41(56)44-51-36-18-14-30-21-28(12-16-33(30)40(36)53-44)29-13-17-34(35(49)23-29)37-24-50-43(52-37)42-31-11-15-32(22-31)57(42)46(59)39(55-48(61)63-5)27-9-7-6-8-10-27/h6-10,12-14,16-18,21,23-25,31-32,38-39,41-42H,3,11,15,19-20,22H2,1-2,4-5H3,(H,50,52)(H,51,53)(H,54,60)(H,55,61)/t31-,32?,38-,39+,41-,42?/m0/s1. The van der Waals surface area contributed by atoms with Gasteiger partial charge in [-0.1, -0.05) is 75.0 Å². The lowest BCUT2D eigenvalue weighted by atomic mass is 9.96. The zero-order valence-electron chi connectivity index (χ0n) is 35.5. The molecule has 1 aliphatic carbocycles. The zero-order valence-corrected chi connectivity index (χ0v) is 35.5.